The highest BCUT2D eigenvalue weighted by molar-refractivity contribution is 14.1. The molecule has 25 heavy (non-hydrogen) atoms. The van der Waals surface area contributed by atoms with Crippen molar-refractivity contribution in [2.24, 2.45) is 0 Å². The van der Waals surface area contributed by atoms with E-state index in [2.05, 4.69) is 26.8 Å². The fourth-order valence-corrected chi connectivity index (χ4v) is 1.66. The van der Waals surface area contributed by atoms with Crippen LogP contribution in [0.2, 0.25) is 0 Å². The van der Waals surface area contributed by atoms with Gasteiger partial charge >= 0.3 is 0 Å². The van der Waals surface area contributed by atoms with E-state index in [0.717, 1.165) is 17.3 Å². The van der Waals surface area contributed by atoms with E-state index >= 15 is 0 Å². The van der Waals surface area contributed by atoms with Crippen molar-refractivity contribution in [3.63, 3.8) is 0 Å². The standard InChI is InChI=1S/C6H14O4S.C5H11IO.C5H12O2/c1-6(2)9-4-5-10-11(3,7)8;2*1-5(2)7-4-3-6/h6H,4-5H2,1-3H3;5H,3-4H2,1-2H3;5-6H,3-4H2,1-2H3. The number of rotatable bonds is 11. The maximum atomic E-state index is 10.4. The zero-order valence-corrected chi connectivity index (χ0v) is 19.6. The van der Waals surface area contributed by atoms with Gasteiger partial charge < -0.3 is 19.3 Å². The second-order valence-electron chi connectivity index (χ2n) is 5.70. The summed E-state index contributed by atoms with van der Waals surface area (Å²) in [6.07, 6.45) is 1.77. The topological polar surface area (TPSA) is 91.3 Å². The van der Waals surface area contributed by atoms with Crippen molar-refractivity contribution in [1.29, 1.82) is 0 Å². The van der Waals surface area contributed by atoms with E-state index < -0.39 is 10.1 Å². The van der Waals surface area contributed by atoms with Crippen molar-refractivity contribution in [3.8, 4) is 0 Å². The van der Waals surface area contributed by atoms with Crippen LogP contribution < -0.4 is 0 Å². The normalized spacial score (nSPS) is 11.2. The summed E-state index contributed by atoms with van der Waals surface area (Å²) in [5, 5.41) is 8.19. The predicted octanol–water partition coefficient (Wildman–Crippen LogP) is 2.64. The highest BCUT2D eigenvalue weighted by Gasteiger charge is 2.00. The molecule has 0 aliphatic heterocycles. The predicted molar refractivity (Wildman–Crippen MR) is 110 cm³/mol. The molecule has 0 aromatic rings. The van der Waals surface area contributed by atoms with Crippen LogP contribution in [0, 0.1) is 0 Å². The molecule has 156 valence electrons. The Labute approximate surface area is 168 Å². The molecule has 0 aromatic heterocycles. The third kappa shape index (κ3) is 45.6. The lowest BCUT2D eigenvalue weighted by molar-refractivity contribution is 0.0494. The van der Waals surface area contributed by atoms with Crippen molar-refractivity contribution in [1.82, 2.24) is 0 Å². The van der Waals surface area contributed by atoms with Crippen LogP contribution in [-0.2, 0) is 28.5 Å². The van der Waals surface area contributed by atoms with Gasteiger partial charge in [-0.1, -0.05) is 22.6 Å². The molecule has 1 N–H and O–H groups in total. The summed E-state index contributed by atoms with van der Waals surface area (Å²) in [6, 6.07) is 0. The molecule has 0 rings (SSSR count). The maximum absolute atomic E-state index is 10.4. The Balaban J connectivity index is -0.000000304. The van der Waals surface area contributed by atoms with Gasteiger partial charge in [0, 0.05) is 4.43 Å². The van der Waals surface area contributed by atoms with Gasteiger partial charge in [0.05, 0.1) is 57.6 Å². The monoisotopic (exact) mass is 500 g/mol. The van der Waals surface area contributed by atoms with Crippen LogP contribution in [0.4, 0.5) is 0 Å². The molecule has 0 amide bonds. The lowest BCUT2D eigenvalue weighted by Crippen LogP contribution is -2.12. The number of hydrogen-bond acceptors (Lipinski definition) is 7. The number of alkyl halides is 1. The van der Waals surface area contributed by atoms with Crippen LogP contribution in [0.15, 0.2) is 0 Å². The molecule has 0 aromatic carbocycles. The molecule has 0 saturated heterocycles. The van der Waals surface area contributed by atoms with Crippen molar-refractivity contribution >= 4 is 32.7 Å². The molecular weight excluding hydrogens is 463 g/mol. The molecule has 7 nitrogen and oxygen atoms in total. The number of ether oxygens (including phenoxy) is 3. The van der Waals surface area contributed by atoms with E-state index in [9.17, 15) is 8.42 Å². The van der Waals surface area contributed by atoms with E-state index in [1.807, 2.05) is 41.5 Å². The van der Waals surface area contributed by atoms with E-state index in [-0.39, 0.29) is 25.4 Å². The van der Waals surface area contributed by atoms with Crippen LogP contribution in [0.5, 0.6) is 0 Å². The number of halogens is 1. The maximum Gasteiger partial charge on any atom is 0.264 e. The fourth-order valence-electron chi connectivity index (χ4n) is 1.04. The summed E-state index contributed by atoms with van der Waals surface area (Å²) >= 11 is 2.30. The first-order chi connectivity index (χ1) is 11.5. The van der Waals surface area contributed by atoms with Gasteiger partial charge in [0.1, 0.15) is 0 Å². The van der Waals surface area contributed by atoms with Crippen molar-refractivity contribution in [2.45, 2.75) is 59.9 Å². The summed E-state index contributed by atoms with van der Waals surface area (Å²) in [5.74, 6) is 0. The number of aliphatic hydroxyl groups is 1. The number of aliphatic hydroxyl groups excluding tert-OH is 1. The Morgan fingerprint density at radius 1 is 0.800 bits per heavy atom. The summed E-state index contributed by atoms with van der Waals surface area (Å²) in [7, 11) is -3.30. The first-order valence-electron chi connectivity index (χ1n) is 8.32. The molecule has 0 bridgehead atoms. The summed E-state index contributed by atoms with van der Waals surface area (Å²) in [5.41, 5.74) is 0. The number of hydrogen-bond donors (Lipinski definition) is 1. The molecule has 0 heterocycles. The van der Waals surface area contributed by atoms with Crippen molar-refractivity contribution < 1.29 is 31.9 Å². The highest BCUT2D eigenvalue weighted by atomic mass is 127. The van der Waals surface area contributed by atoms with Gasteiger partial charge in [-0.3, -0.25) is 4.18 Å². The molecule has 0 radical (unpaired) electrons. The average Bonchev–Trinajstić information content (AvgIpc) is 2.47. The Bertz CT molecular complexity index is 334. The molecule has 0 fully saturated rings. The minimum absolute atomic E-state index is 0.0943. The largest absolute Gasteiger partial charge is 0.394 e. The third-order valence-electron chi connectivity index (χ3n) is 1.90. The van der Waals surface area contributed by atoms with Crippen LogP contribution >= 0.6 is 22.6 Å². The van der Waals surface area contributed by atoms with Gasteiger partial charge in [-0.15, -0.1) is 0 Å². The first kappa shape index (κ1) is 30.2. The van der Waals surface area contributed by atoms with Gasteiger partial charge in [-0.05, 0) is 41.5 Å². The highest BCUT2D eigenvalue weighted by Crippen LogP contribution is 1.90. The van der Waals surface area contributed by atoms with Crippen LogP contribution in [0.3, 0.4) is 0 Å². The summed E-state index contributed by atoms with van der Waals surface area (Å²) in [6.45, 7) is 13.6. The second-order valence-corrected chi connectivity index (χ2v) is 8.42. The zero-order valence-electron chi connectivity index (χ0n) is 16.7. The minimum Gasteiger partial charge on any atom is -0.394 e. The molecule has 0 saturated carbocycles. The minimum atomic E-state index is -3.30. The van der Waals surface area contributed by atoms with E-state index in [1.54, 1.807) is 0 Å². The second kappa shape index (κ2) is 20.8. The Morgan fingerprint density at radius 3 is 1.44 bits per heavy atom. The lowest BCUT2D eigenvalue weighted by atomic mass is 10.5. The summed E-state index contributed by atoms with van der Waals surface area (Å²) < 4.78 is 41.5. The summed E-state index contributed by atoms with van der Waals surface area (Å²) in [4.78, 5) is 0. The van der Waals surface area contributed by atoms with Gasteiger partial charge in [0.15, 0.2) is 0 Å². The third-order valence-corrected chi connectivity index (χ3v) is 2.94. The van der Waals surface area contributed by atoms with E-state index in [4.69, 9.17) is 19.3 Å². The van der Waals surface area contributed by atoms with E-state index in [1.165, 1.54) is 0 Å². The molecule has 0 unspecified atom stereocenters. The zero-order chi connectivity index (χ0) is 20.3. The van der Waals surface area contributed by atoms with Crippen LogP contribution in [-0.4, -0.2) is 75.6 Å². The lowest BCUT2D eigenvalue weighted by Gasteiger charge is -2.06. The molecule has 0 aliphatic carbocycles. The Morgan fingerprint density at radius 2 is 1.20 bits per heavy atom. The molecule has 0 spiro atoms. The molecule has 0 atom stereocenters. The first-order valence-corrected chi connectivity index (χ1v) is 11.7. The van der Waals surface area contributed by atoms with Gasteiger partial charge in [-0.25, -0.2) is 0 Å². The Hall–Kier alpha value is 0.480. The van der Waals surface area contributed by atoms with Crippen LogP contribution in [0.25, 0.3) is 0 Å². The van der Waals surface area contributed by atoms with Gasteiger partial charge in [-0.2, -0.15) is 8.42 Å². The van der Waals surface area contributed by atoms with Crippen molar-refractivity contribution in [3.05, 3.63) is 0 Å². The molecule has 9 heteroatoms. The average molecular weight is 500 g/mol. The van der Waals surface area contributed by atoms with Crippen LogP contribution in [0.1, 0.15) is 41.5 Å². The molecular formula is C16H37IO7S. The smallest absolute Gasteiger partial charge is 0.264 e. The molecule has 0 aliphatic rings. The van der Waals surface area contributed by atoms with Gasteiger partial charge in [0.2, 0.25) is 0 Å². The fraction of sp³-hybridized carbons (Fsp3) is 1.00. The quantitative estimate of drug-likeness (QED) is 0.202. The van der Waals surface area contributed by atoms with Crippen molar-refractivity contribution in [2.75, 3.05) is 43.7 Å². The van der Waals surface area contributed by atoms with Gasteiger partial charge in [0.25, 0.3) is 10.1 Å². The SMILES string of the molecule is CC(C)OCCI.CC(C)OCCO.CC(C)OCCOS(C)(=O)=O. The van der Waals surface area contributed by atoms with E-state index in [0.29, 0.717) is 19.3 Å². The Kier molecular flexibility index (Phi) is 25.1.